The number of carbonyl (C=O) groups is 1. The van der Waals surface area contributed by atoms with Crippen molar-refractivity contribution in [3.63, 3.8) is 0 Å². The summed E-state index contributed by atoms with van der Waals surface area (Å²) < 4.78 is 6.94. The highest BCUT2D eigenvalue weighted by molar-refractivity contribution is 6.35. The standard InChI is InChI=1S/C24H38Cl2N4O3/c1-19-27-23-21(22(25)28-24(26)29-23)30(19)16-14-12-10-8-6-4-2-3-5-7-9-11-13-15-20(32)33-18-17-31/h31H,2-18H2,1H3. The molecule has 9 heteroatoms. The minimum Gasteiger partial charge on any atom is -0.463 e. The van der Waals surface area contributed by atoms with Crippen molar-refractivity contribution in [2.45, 2.75) is 103 Å². The number of rotatable bonds is 18. The number of unbranched alkanes of at least 4 members (excludes halogenated alkanes) is 12. The molecule has 33 heavy (non-hydrogen) atoms. The molecule has 2 rings (SSSR count). The number of imidazole rings is 1. The molecule has 0 amide bonds. The minimum absolute atomic E-state index is 0.0995. The van der Waals surface area contributed by atoms with Crippen LogP contribution >= 0.6 is 23.2 Å². The first kappa shape index (κ1) is 27.8. The SMILES string of the molecule is Cc1nc2nc(Cl)nc(Cl)c2n1CCCCCCCCCCCCCCCC(=O)OCCO. The van der Waals surface area contributed by atoms with Crippen LogP contribution in [0.1, 0.15) is 95.7 Å². The Morgan fingerprint density at radius 1 is 0.848 bits per heavy atom. The summed E-state index contributed by atoms with van der Waals surface area (Å²) in [6.45, 7) is 2.85. The maximum atomic E-state index is 11.3. The molecule has 0 aromatic carbocycles. The molecule has 1 N–H and O–H groups in total. The number of aliphatic hydroxyl groups excluding tert-OH is 1. The van der Waals surface area contributed by atoms with Gasteiger partial charge in [-0.2, -0.15) is 4.98 Å². The summed E-state index contributed by atoms with van der Waals surface area (Å²) in [5.74, 6) is 0.697. The number of hydrogen-bond acceptors (Lipinski definition) is 6. The van der Waals surface area contributed by atoms with Gasteiger partial charge in [-0.15, -0.1) is 0 Å². The second-order valence-corrected chi connectivity index (χ2v) is 9.25. The van der Waals surface area contributed by atoms with Crippen molar-refractivity contribution < 1.29 is 14.6 Å². The summed E-state index contributed by atoms with van der Waals surface area (Å²) in [4.78, 5) is 24.0. The van der Waals surface area contributed by atoms with Crippen molar-refractivity contribution in [2.24, 2.45) is 0 Å². The highest BCUT2D eigenvalue weighted by Gasteiger charge is 2.14. The summed E-state index contributed by atoms with van der Waals surface area (Å²) in [6, 6.07) is 0. The monoisotopic (exact) mass is 500 g/mol. The Morgan fingerprint density at radius 2 is 1.39 bits per heavy atom. The van der Waals surface area contributed by atoms with Crippen LogP contribution in [0.5, 0.6) is 0 Å². The smallest absolute Gasteiger partial charge is 0.305 e. The fourth-order valence-corrected chi connectivity index (χ4v) is 4.54. The van der Waals surface area contributed by atoms with Crippen molar-refractivity contribution in [3.8, 4) is 0 Å². The van der Waals surface area contributed by atoms with Gasteiger partial charge in [-0.25, -0.2) is 9.97 Å². The Hall–Kier alpha value is -1.44. The number of aromatic nitrogens is 4. The highest BCUT2D eigenvalue weighted by atomic mass is 35.5. The molecule has 2 heterocycles. The van der Waals surface area contributed by atoms with Crippen LogP contribution in [0.25, 0.3) is 11.2 Å². The van der Waals surface area contributed by atoms with Crippen LogP contribution in [0.3, 0.4) is 0 Å². The van der Waals surface area contributed by atoms with E-state index in [1.54, 1.807) is 0 Å². The number of ether oxygens (including phenoxy) is 1. The van der Waals surface area contributed by atoms with Crippen molar-refractivity contribution in [2.75, 3.05) is 13.2 Å². The van der Waals surface area contributed by atoms with E-state index in [0.717, 1.165) is 37.1 Å². The number of fused-ring (bicyclic) bond motifs is 1. The van der Waals surface area contributed by atoms with Gasteiger partial charge < -0.3 is 14.4 Å². The molecule has 0 radical (unpaired) electrons. The van der Waals surface area contributed by atoms with Crippen LogP contribution < -0.4 is 0 Å². The van der Waals surface area contributed by atoms with Crippen LogP contribution in [0.15, 0.2) is 0 Å². The molecule has 0 spiro atoms. The number of nitrogens with zero attached hydrogens (tertiary/aromatic N) is 4. The summed E-state index contributed by atoms with van der Waals surface area (Å²) in [5, 5.41) is 9.10. The van der Waals surface area contributed by atoms with Gasteiger partial charge in [0.15, 0.2) is 10.8 Å². The first-order valence-corrected chi connectivity index (χ1v) is 13.1. The van der Waals surface area contributed by atoms with Crippen LogP contribution in [0, 0.1) is 6.92 Å². The molecule has 0 aliphatic rings. The van der Waals surface area contributed by atoms with Crippen molar-refractivity contribution in [3.05, 3.63) is 16.3 Å². The Balaban J connectivity index is 1.41. The number of hydrogen-bond donors (Lipinski definition) is 1. The van der Waals surface area contributed by atoms with E-state index < -0.39 is 0 Å². The molecule has 2 aromatic heterocycles. The van der Waals surface area contributed by atoms with E-state index in [1.165, 1.54) is 64.2 Å². The van der Waals surface area contributed by atoms with E-state index in [-0.39, 0.29) is 24.5 Å². The lowest BCUT2D eigenvalue weighted by atomic mass is 10.0. The average Bonchev–Trinajstić information content (AvgIpc) is 3.09. The van der Waals surface area contributed by atoms with Gasteiger partial charge in [0.2, 0.25) is 5.28 Å². The normalized spacial score (nSPS) is 11.4. The zero-order valence-corrected chi connectivity index (χ0v) is 21.3. The third-order valence-corrected chi connectivity index (χ3v) is 6.27. The fourth-order valence-electron chi connectivity index (χ4n) is 4.07. The third kappa shape index (κ3) is 10.6. The largest absolute Gasteiger partial charge is 0.463 e. The second-order valence-electron chi connectivity index (χ2n) is 8.56. The van der Waals surface area contributed by atoms with E-state index in [9.17, 15) is 4.79 Å². The van der Waals surface area contributed by atoms with Gasteiger partial charge in [0.25, 0.3) is 0 Å². The summed E-state index contributed by atoms with van der Waals surface area (Å²) in [7, 11) is 0. The lowest BCUT2D eigenvalue weighted by Crippen LogP contribution is -2.07. The number of aryl methyl sites for hydroxylation is 2. The molecule has 7 nitrogen and oxygen atoms in total. The predicted octanol–water partition coefficient (Wildman–Crippen LogP) is 6.44. The van der Waals surface area contributed by atoms with E-state index in [1.807, 2.05) is 6.92 Å². The number of carbonyl (C=O) groups excluding carboxylic acids is 1. The lowest BCUT2D eigenvalue weighted by molar-refractivity contribution is -0.144. The number of halogens is 2. The number of aliphatic hydroxyl groups is 1. The average molecular weight is 501 g/mol. The Kier molecular flexibility index (Phi) is 13.7. The van der Waals surface area contributed by atoms with Gasteiger partial charge in [0, 0.05) is 13.0 Å². The van der Waals surface area contributed by atoms with Crippen molar-refractivity contribution >= 4 is 40.3 Å². The highest BCUT2D eigenvalue weighted by Crippen LogP contribution is 2.24. The molecule has 0 aliphatic heterocycles. The van der Waals surface area contributed by atoms with E-state index in [2.05, 4.69) is 19.5 Å². The van der Waals surface area contributed by atoms with Crippen molar-refractivity contribution in [1.82, 2.24) is 19.5 Å². The minimum atomic E-state index is -0.196. The summed E-state index contributed by atoms with van der Waals surface area (Å²) in [6.07, 6.45) is 16.2. The van der Waals surface area contributed by atoms with Crippen LogP contribution in [-0.4, -0.2) is 43.8 Å². The summed E-state index contributed by atoms with van der Waals surface area (Å²) in [5.41, 5.74) is 1.34. The summed E-state index contributed by atoms with van der Waals surface area (Å²) >= 11 is 12.1. The van der Waals surface area contributed by atoms with E-state index in [4.69, 9.17) is 33.0 Å². The van der Waals surface area contributed by atoms with Gasteiger partial charge in [-0.05, 0) is 31.4 Å². The molecule has 0 bridgehead atoms. The third-order valence-electron chi connectivity index (χ3n) is 5.84. The quantitative estimate of drug-likeness (QED) is 0.109. The van der Waals surface area contributed by atoms with E-state index in [0.29, 0.717) is 17.2 Å². The molecule has 2 aromatic rings. The van der Waals surface area contributed by atoms with Gasteiger partial charge >= 0.3 is 5.97 Å². The van der Waals surface area contributed by atoms with Gasteiger partial charge in [-0.3, -0.25) is 4.79 Å². The van der Waals surface area contributed by atoms with Crippen molar-refractivity contribution in [1.29, 1.82) is 0 Å². The van der Waals surface area contributed by atoms with Gasteiger partial charge in [0.1, 0.15) is 17.9 Å². The molecule has 0 saturated carbocycles. The first-order valence-electron chi connectivity index (χ1n) is 12.3. The fraction of sp³-hybridized carbons (Fsp3) is 0.750. The molecule has 0 unspecified atom stereocenters. The predicted molar refractivity (Wildman–Crippen MR) is 133 cm³/mol. The molecule has 0 aliphatic carbocycles. The zero-order chi connectivity index (χ0) is 23.9. The molecular weight excluding hydrogens is 463 g/mol. The Bertz CT molecular complexity index is 845. The Labute approximate surface area is 207 Å². The van der Waals surface area contributed by atoms with Gasteiger partial charge in [-0.1, -0.05) is 82.2 Å². The molecule has 186 valence electrons. The van der Waals surface area contributed by atoms with Crippen LogP contribution in [-0.2, 0) is 16.1 Å². The maximum Gasteiger partial charge on any atom is 0.305 e. The van der Waals surface area contributed by atoms with Crippen LogP contribution in [0.4, 0.5) is 0 Å². The molecular formula is C24H38Cl2N4O3. The molecule has 0 fully saturated rings. The topological polar surface area (TPSA) is 90.1 Å². The second kappa shape index (κ2) is 16.2. The van der Waals surface area contributed by atoms with Crippen LogP contribution in [0.2, 0.25) is 10.4 Å². The molecule has 0 atom stereocenters. The maximum absolute atomic E-state index is 11.3. The lowest BCUT2D eigenvalue weighted by Gasteiger charge is -2.07. The van der Waals surface area contributed by atoms with E-state index >= 15 is 0 Å². The number of esters is 1. The molecule has 0 saturated heterocycles. The zero-order valence-electron chi connectivity index (χ0n) is 19.8. The van der Waals surface area contributed by atoms with Gasteiger partial charge in [0.05, 0.1) is 6.61 Å². The first-order chi connectivity index (χ1) is 16.0. The Morgan fingerprint density at radius 3 is 1.97 bits per heavy atom.